The quantitative estimate of drug-likeness (QED) is 0.197. The molecule has 2 saturated heterocycles. The van der Waals surface area contributed by atoms with E-state index in [-0.39, 0.29) is 48.9 Å². The van der Waals surface area contributed by atoms with Crippen LogP contribution in [0.25, 0.3) is 0 Å². The summed E-state index contributed by atoms with van der Waals surface area (Å²) in [5, 5.41) is 7.01. The van der Waals surface area contributed by atoms with Crippen molar-refractivity contribution in [1.29, 1.82) is 0 Å². The topological polar surface area (TPSA) is 79.4 Å². The van der Waals surface area contributed by atoms with Crippen LogP contribution in [0.1, 0.15) is 46.9 Å². The normalized spacial score (nSPS) is 22.6. The van der Waals surface area contributed by atoms with Crippen LogP contribution in [0.3, 0.4) is 0 Å². The molecule has 10 heteroatoms. The third kappa shape index (κ3) is 6.98. The first-order chi connectivity index (χ1) is 24.1. The number of fused-ring (bicyclic) bond motifs is 2. The number of rotatable bonds is 10. The molecule has 4 atom stereocenters. The second-order valence-corrected chi connectivity index (χ2v) is 13.2. The largest absolute Gasteiger partial charge is 0.493 e. The molecule has 49 heavy (non-hydrogen) atoms. The Labute approximate surface area is 284 Å². The molecule has 8 nitrogen and oxygen atoms in total. The van der Waals surface area contributed by atoms with Crippen molar-refractivity contribution >= 4 is 0 Å². The van der Waals surface area contributed by atoms with E-state index in [1.807, 2.05) is 48.5 Å². The van der Waals surface area contributed by atoms with E-state index in [4.69, 9.17) is 28.4 Å². The van der Waals surface area contributed by atoms with Gasteiger partial charge in [0.2, 0.25) is 13.6 Å². The second kappa shape index (κ2) is 14.1. The first kappa shape index (κ1) is 31.7. The Kier molecular flexibility index (Phi) is 9.15. The van der Waals surface area contributed by atoms with Crippen LogP contribution in [0, 0.1) is 23.5 Å². The summed E-state index contributed by atoms with van der Waals surface area (Å²) in [6.45, 7) is 4.68. The number of nitrogens with one attached hydrogen (secondary N) is 2. The molecule has 4 aromatic rings. The average molecular weight is 671 g/mol. The van der Waals surface area contributed by atoms with Crippen LogP contribution in [0.15, 0.2) is 72.8 Å². The molecule has 0 bridgehead atoms. The van der Waals surface area contributed by atoms with E-state index < -0.39 is 0 Å². The molecule has 8 rings (SSSR count). The van der Waals surface area contributed by atoms with Gasteiger partial charge in [0.25, 0.3) is 0 Å². The van der Waals surface area contributed by atoms with E-state index in [1.54, 1.807) is 0 Å². The van der Waals surface area contributed by atoms with E-state index in [1.165, 1.54) is 24.3 Å². The summed E-state index contributed by atoms with van der Waals surface area (Å²) >= 11 is 0. The fourth-order valence-electron chi connectivity index (χ4n) is 7.57. The molecule has 0 amide bonds. The van der Waals surface area contributed by atoms with E-state index in [2.05, 4.69) is 10.6 Å². The molecule has 4 aliphatic heterocycles. The van der Waals surface area contributed by atoms with Crippen molar-refractivity contribution in [3.05, 3.63) is 107 Å². The number of hydrogen-bond acceptors (Lipinski definition) is 8. The lowest BCUT2D eigenvalue weighted by atomic mass is 9.81. The molecule has 0 spiro atoms. The molecule has 0 saturated carbocycles. The molecule has 0 aromatic heterocycles. The van der Waals surface area contributed by atoms with Crippen molar-refractivity contribution in [3.8, 4) is 34.5 Å². The Morgan fingerprint density at radius 3 is 1.41 bits per heavy atom. The molecular formula is C39H40F2N2O6. The maximum atomic E-state index is 13.7. The fourth-order valence-corrected chi connectivity index (χ4v) is 7.57. The Morgan fingerprint density at radius 2 is 0.980 bits per heavy atom. The lowest BCUT2D eigenvalue weighted by Gasteiger charge is -2.33. The Hall–Kier alpha value is -4.54. The summed E-state index contributed by atoms with van der Waals surface area (Å²) in [5.41, 5.74) is 4.11. The summed E-state index contributed by atoms with van der Waals surface area (Å²) in [4.78, 5) is 0. The first-order valence-electron chi connectivity index (χ1n) is 17.1. The minimum absolute atomic E-state index is 0.153. The molecule has 4 aromatic carbocycles. The minimum atomic E-state index is -0.231. The predicted molar refractivity (Wildman–Crippen MR) is 179 cm³/mol. The van der Waals surface area contributed by atoms with Gasteiger partial charge in [-0.05, 0) is 85.3 Å². The van der Waals surface area contributed by atoms with Crippen LogP contribution >= 0.6 is 0 Å². The zero-order valence-corrected chi connectivity index (χ0v) is 27.2. The number of piperidine rings is 2. The molecule has 2 N–H and O–H groups in total. The Bertz CT molecular complexity index is 1640. The average Bonchev–Trinajstić information content (AvgIpc) is 3.79. The Balaban J connectivity index is 1.04. The summed E-state index contributed by atoms with van der Waals surface area (Å²) in [6.07, 6.45) is 2.39. The second-order valence-electron chi connectivity index (χ2n) is 13.2. The summed E-state index contributed by atoms with van der Waals surface area (Å²) in [5.74, 6) is 4.49. The summed E-state index contributed by atoms with van der Waals surface area (Å²) < 4.78 is 63.7. The van der Waals surface area contributed by atoms with Crippen molar-refractivity contribution in [2.24, 2.45) is 11.8 Å². The highest BCUT2D eigenvalue weighted by atomic mass is 19.1. The highest BCUT2D eigenvalue weighted by molar-refractivity contribution is 5.57. The smallest absolute Gasteiger partial charge is 0.231 e. The highest BCUT2D eigenvalue weighted by Crippen LogP contribution is 2.44. The van der Waals surface area contributed by atoms with Gasteiger partial charge in [-0.15, -0.1) is 0 Å². The standard InChI is InChI=1S/C39H40F2N2O6/c40-30-5-1-24(2-6-30)32-9-11-42-18-28(32)20-44-34-16-38-36(46-22-48-38)14-26(34)13-27-15-37-39(49-23-47-37)17-35(27)45-21-29-19-43-12-10-33(29)25-3-7-31(41)8-4-25/h1-8,14-17,28-29,32-33,42-43H,9-13,18-23H2/t28-,29?,32?,33-/m0/s1. The van der Waals surface area contributed by atoms with Gasteiger partial charge >= 0.3 is 0 Å². The molecule has 4 heterocycles. The van der Waals surface area contributed by atoms with Gasteiger partial charge in [-0.2, -0.15) is 0 Å². The molecule has 0 aliphatic carbocycles. The number of benzene rings is 4. The monoisotopic (exact) mass is 670 g/mol. The summed E-state index contributed by atoms with van der Waals surface area (Å²) in [7, 11) is 0. The van der Waals surface area contributed by atoms with Gasteiger partial charge in [0.05, 0.1) is 13.2 Å². The number of halogens is 2. The Morgan fingerprint density at radius 1 is 0.571 bits per heavy atom. The van der Waals surface area contributed by atoms with Crippen LogP contribution in [0.2, 0.25) is 0 Å². The number of hydrogen-bond donors (Lipinski definition) is 2. The van der Waals surface area contributed by atoms with Gasteiger partial charge in [-0.25, -0.2) is 8.78 Å². The van der Waals surface area contributed by atoms with Crippen molar-refractivity contribution in [1.82, 2.24) is 10.6 Å². The SMILES string of the molecule is Fc1ccc(C2CCNC[C@H]2COc2cc3c(cc2Cc2cc4c(cc2OCC2CNCC[C@H]2c2ccc(F)cc2)OCO4)OCO3)cc1. The van der Waals surface area contributed by atoms with Crippen LogP contribution in [0.4, 0.5) is 8.78 Å². The molecule has 2 fully saturated rings. The van der Waals surface area contributed by atoms with Gasteiger partial charge in [0.15, 0.2) is 23.0 Å². The molecule has 2 unspecified atom stereocenters. The summed E-state index contributed by atoms with van der Waals surface area (Å²) in [6, 6.07) is 21.5. The van der Waals surface area contributed by atoms with Gasteiger partial charge < -0.3 is 39.1 Å². The van der Waals surface area contributed by atoms with E-state index >= 15 is 0 Å². The molecular weight excluding hydrogens is 630 g/mol. The molecule has 256 valence electrons. The number of ether oxygens (including phenoxy) is 6. The van der Waals surface area contributed by atoms with Gasteiger partial charge in [-0.3, -0.25) is 0 Å². The third-order valence-corrected chi connectivity index (χ3v) is 10.2. The molecule has 0 radical (unpaired) electrons. The van der Waals surface area contributed by atoms with Crippen molar-refractivity contribution in [2.75, 3.05) is 53.0 Å². The highest BCUT2D eigenvalue weighted by Gasteiger charge is 2.30. The van der Waals surface area contributed by atoms with E-state index in [0.717, 1.165) is 61.3 Å². The van der Waals surface area contributed by atoms with Crippen molar-refractivity contribution < 1.29 is 37.2 Å². The van der Waals surface area contributed by atoms with Crippen molar-refractivity contribution in [2.45, 2.75) is 31.1 Å². The zero-order chi connectivity index (χ0) is 33.2. The van der Waals surface area contributed by atoms with Gasteiger partial charge in [0, 0.05) is 54.6 Å². The fraction of sp³-hybridized carbons (Fsp3) is 0.385. The van der Waals surface area contributed by atoms with Gasteiger partial charge in [0.1, 0.15) is 23.1 Å². The van der Waals surface area contributed by atoms with E-state index in [0.29, 0.717) is 54.1 Å². The third-order valence-electron chi connectivity index (χ3n) is 10.2. The van der Waals surface area contributed by atoms with E-state index in [9.17, 15) is 8.78 Å². The minimum Gasteiger partial charge on any atom is -0.493 e. The predicted octanol–water partition coefficient (Wildman–Crippen LogP) is 6.56. The first-order valence-corrected chi connectivity index (χ1v) is 17.1. The zero-order valence-electron chi connectivity index (χ0n) is 27.2. The van der Waals surface area contributed by atoms with Crippen LogP contribution in [-0.2, 0) is 6.42 Å². The lowest BCUT2D eigenvalue weighted by Crippen LogP contribution is -2.38. The van der Waals surface area contributed by atoms with Crippen molar-refractivity contribution in [3.63, 3.8) is 0 Å². The van der Waals surface area contributed by atoms with Crippen LogP contribution < -0.4 is 39.1 Å². The maximum absolute atomic E-state index is 13.7. The van der Waals surface area contributed by atoms with Crippen LogP contribution in [0.5, 0.6) is 34.5 Å². The molecule has 4 aliphatic rings. The lowest BCUT2D eigenvalue weighted by molar-refractivity contribution is 0.173. The van der Waals surface area contributed by atoms with Gasteiger partial charge in [-0.1, -0.05) is 24.3 Å². The maximum Gasteiger partial charge on any atom is 0.231 e. The van der Waals surface area contributed by atoms with Crippen LogP contribution in [-0.4, -0.2) is 53.0 Å².